The van der Waals surface area contributed by atoms with Crippen molar-refractivity contribution in [3.63, 3.8) is 0 Å². The van der Waals surface area contributed by atoms with Crippen molar-refractivity contribution in [3.8, 4) is 0 Å². The van der Waals surface area contributed by atoms with Gasteiger partial charge in [0.2, 0.25) is 0 Å². The quantitative estimate of drug-likeness (QED) is 0.396. The maximum atomic E-state index is 9.48. The summed E-state index contributed by atoms with van der Waals surface area (Å²) in [5.74, 6) is 0. The Kier molecular flexibility index (Phi) is 5.96. The lowest BCUT2D eigenvalue weighted by Gasteiger charge is -1.80. The molecule has 7 heteroatoms. The Morgan fingerprint density at radius 1 is 1.60 bits per heavy atom. The lowest BCUT2D eigenvalue weighted by atomic mass is 11.1. The molecule has 2 amide bonds. The van der Waals surface area contributed by atoms with E-state index in [0.717, 1.165) is 0 Å². The van der Waals surface area contributed by atoms with E-state index in [4.69, 9.17) is 4.55 Å². The van der Waals surface area contributed by atoms with Crippen molar-refractivity contribution in [1.82, 2.24) is 5.32 Å². The second kappa shape index (κ2) is 5.00. The molecule has 0 aromatic rings. The van der Waals surface area contributed by atoms with Gasteiger partial charge in [-0.1, -0.05) is 0 Å². The van der Waals surface area contributed by atoms with E-state index in [9.17, 15) is 13.2 Å². The molecule has 0 radical (unpaired) electrons. The van der Waals surface area contributed by atoms with Crippen LogP contribution in [0.3, 0.4) is 0 Å². The van der Waals surface area contributed by atoms with Crippen LogP contribution in [0.1, 0.15) is 0 Å². The maximum absolute atomic E-state index is 9.48. The molecule has 0 spiro atoms. The van der Waals surface area contributed by atoms with Crippen LogP contribution in [0.5, 0.6) is 0 Å². The average molecular weight is 170 g/mol. The second-order valence-corrected chi connectivity index (χ2v) is 2.81. The molecule has 0 aromatic heterocycles. The number of urea groups is 1. The van der Waals surface area contributed by atoms with Gasteiger partial charge >= 0.3 is 6.03 Å². The first kappa shape index (κ1) is 11.9. The summed E-state index contributed by atoms with van der Waals surface area (Å²) in [5.41, 5.74) is 4.54. The Labute approximate surface area is 59.2 Å². The second-order valence-electron chi connectivity index (χ2n) is 1.35. The zero-order chi connectivity index (χ0) is 8.78. The molecule has 0 aliphatic rings. The summed E-state index contributed by atoms with van der Waals surface area (Å²) in [6.45, 7) is 0. The van der Waals surface area contributed by atoms with Crippen LogP contribution in [-0.4, -0.2) is 32.3 Å². The molecule has 0 saturated carbocycles. The van der Waals surface area contributed by atoms with Gasteiger partial charge in [-0.2, -0.15) is 8.42 Å². The summed E-state index contributed by atoms with van der Waals surface area (Å²) in [6.07, 6.45) is 0.715. The number of hydrogen-bond donors (Lipinski definition) is 3. The van der Waals surface area contributed by atoms with Gasteiger partial charge in [0.25, 0.3) is 10.1 Å². The van der Waals surface area contributed by atoms with E-state index in [-0.39, 0.29) is 0 Å². The summed E-state index contributed by atoms with van der Waals surface area (Å²) >= 11 is 0. The van der Waals surface area contributed by atoms with Crippen molar-refractivity contribution in [2.75, 3.05) is 13.3 Å². The van der Waals surface area contributed by atoms with Gasteiger partial charge in [0.1, 0.15) is 0 Å². The molecule has 62 valence electrons. The van der Waals surface area contributed by atoms with Crippen LogP contribution in [0, 0.1) is 0 Å². The van der Waals surface area contributed by atoms with Gasteiger partial charge in [-0.15, -0.1) is 0 Å². The molecule has 0 aliphatic heterocycles. The molecule has 0 unspecified atom stereocenters. The topological polar surface area (TPSA) is 109 Å². The first-order valence-electron chi connectivity index (χ1n) is 2.17. The SMILES string of the molecule is CNC(N)=O.CS(=O)(=O)O. The van der Waals surface area contributed by atoms with Gasteiger partial charge in [0, 0.05) is 7.05 Å². The van der Waals surface area contributed by atoms with Crippen molar-refractivity contribution in [2.24, 2.45) is 5.73 Å². The standard InChI is InChI=1S/C2H6N2O.CH4O3S/c1-4-2(3)5;1-5(2,3)4/h1H3,(H3,3,4,5);1H3,(H,2,3,4). The van der Waals surface area contributed by atoms with Crippen LogP contribution in [-0.2, 0) is 10.1 Å². The zero-order valence-corrected chi connectivity index (χ0v) is 6.47. The molecule has 0 atom stereocenters. The number of carbonyl (C=O) groups excluding carboxylic acids is 1. The van der Waals surface area contributed by atoms with Crippen molar-refractivity contribution in [1.29, 1.82) is 0 Å². The molecule has 0 rings (SSSR count). The van der Waals surface area contributed by atoms with Gasteiger partial charge in [-0.05, 0) is 0 Å². The molecule has 4 N–H and O–H groups in total. The van der Waals surface area contributed by atoms with Gasteiger partial charge < -0.3 is 11.1 Å². The molecular formula is C3H10N2O4S. The molecule has 0 aliphatic carbocycles. The predicted molar refractivity (Wildman–Crippen MR) is 36.1 cm³/mol. The van der Waals surface area contributed by atoms with E-state index in [1.54, 1.807) is 0 Å². The minimum atomic E-state index is -3.67. The highest BCUT2D eigenvalue weighted by molar-refractivity contribution is 7.85. The molecule has 0 aromatic carbocycles. The van der Waals surface area contributed by atoms with Crippen molar-refractivity contribution >= 4 is 16.1 Å². The number of carbonyl (C=O) groups is 1. The number of nitrogens with two attached hydrogens (primary N) is 1. The number of amides is 2. The normalized spacial score (nSPS) is 9.10. The highest BCUT2D eigenvalue weighted by Gasteiger charge is 1.81. The first-order valence-corrected chi connectivity index (χ1v) is 4.02. The lowest BCUT2D eigenvalue weighted by molar-refractivity contribution is 0.251. The van der Waals surface area contributed by atoms with E-state index < -0.39 is 16.1 Å². The highest BCUT2D eigenvalue weighted by Crippen LogP contribution is 1.60. The Morgan fingerprint density at radius 3 is 1.70 bits per heavy atom. The Bertz CT molecular complexity index is 177. The van der Waals surface area contributed by atoms with Crippen LogP contribution in [0.25, 0.3) is 0 Å². The fourth-order valence-corrected chi connectivity index (χ4v) is 0. The van der Waals surface area contributed by atoms with Crippen LogP contribution in [0.2, 0.25) is 0 Å². The summed E-state index contributed by atoms with van der Waals surface area (Å²) in [6, 6.07) is -0.495. The Morgan fingerprint density at radius 2 is 1.70 bits per heavy atom. The van der Waals surface area contributed by atoms with E-state index in [2.05, 4.69) is 11.1 Å². The maximum Gasteiger partial charge on any atom is 0.311 e. The molecule has 6 nitrogen and oxygen atoms in total. The first-order chi connectivity index (χ1) is 4.27. The number of nitrogens with one attached hydrogen (secondary N) is 1. The number of hydrogen-bond acceptors (Lipinski definition) is 3. The van der Waals surface area contributed by atoms with E-state index in [1.165, 1.54) is 7.05 Å². The fourth-order valence-electron chi connectivity index (χ4n) is 0. The smallest absolute Gasteiger partial charge is 0.311 e. The van der Waals surface area contributed by atoms with Gasteiger partial charge in [0.05, 0.1) is 6.26 Å². The zero-order valence-electron chi connectivity index (χ0n) is 5.66. The Hall–Kier alpha value is -0.820. The third-order valence-corrected chi connectivity index (χ3v) is 0.246. The lowest BCUT2D eigenvalue weighted by Crippen LogP contribution is -2.24. The minimum Gasteiger partial charge on any atom is -0.352 e. The predicted octanol–water partition coefficient (Wildman–Crippen LogP) is -1.21. The molecule has 10 heavy (non-hydrogen) atoms. The van der Waals surface area contributed by atoms with Crippen molar-refractivity contribution in [3.05, 3.63) is 0 Å². The molecule has 0 fully saturated rings. The summed E-state index contributed by atoms with van der Waals surface area (Å²) < 4.78 is 25.9. The minimum absolute atomic E-state index is 0.495. The third kappa shape index (κ3) is 197. The number of rotatable bonds is 0. The monoisotopic (exact) mass is 170 g/mol. The fraction of sp³-hybridized carbons (Fsp3) is 0.667. The van der Waals surface area contributed by atoms with Crippen LogP contribution in [0.15, 0.2) is 0 Å². The third-order valence-electron chi connectivity index (χ3n) is 0.246. The van der Waals surface area contributed by atoms with Crippen LogP contribution < -0.4 is 11.1 Å². The molecule has 0 saturated heterocycles. The van der Waals surface area contributed by atoms with Gasteiger partial charge in [-0.25, -0.2) is 4.79 Å². The van der Waals surface area contributed by atoms with Crippen molar-refractivity contribution in [2.45, 2.75) is 0 Å². The van der Waals surface area contributed by atoms with Gasteiger partial charge in [-0.3, -0.25) is 4.55 Å². The summed E-state index contributed by atoms with van der Waals surface area (Å²) in [4.78, 5) is 9.48. The Balaban J connectivity index is 0. The van der Waals surface area contributed by atoms with Gasteiger partial charge in [0.15, 0.2) is 0 Å². The van der Waals surface area contributed by atoms with E-state index in [1.807, 2.05) is 0 Å². The van der Waals surface area contributed by atoms with E-state index in [0.29, 0.717) is 6.26 Å². The van der Waals surface area contributed by atoms with Crippen LogP contribution >= 0.6 is 0 Å². The summed E-state index contributed by atoms with van der Waals surface area (Å²) in [7, 11) is -2.19. The molecular weight excluding hydrogens is 160 g/mol. The molecule has 0 bridgehead atoms. The number of primary amides is 1. The average Bonchev–Trinajstić information content (AvgIpc) is 1.61. The van der Waals surface area contributed by atoms with Crippen LogP contribution in [0.4, 0.5) is 4.79 Å². The molecule has 0 heterocycles. The summed E-state index contributed by atoms with van der Waals surface area (Å²) in [5, 5.41) is 2.17. The largest absolute Gasteiger partial charge is 0.352 e. The highest BCUT2D eigenvalue weighted by atomic mass is 32.2. The van der Waals surface area contributed by atoms with E-state index >= 15 is 0 Å². The van der Waals surface area contributed by atoms with Crippen molar-refractivity contribution < 1.29 is 17.8 Å².